The van der Waals surface area contributed by atoms with Crippen LogP contribution in [0.5, 0.6) is 0 Å². The highest BCUT2D eigenvalue weighted by Gasteiger charge is 2.34. The van der Waals surface area contributed by atoms with Crippen LogP contribution in [0.2, 0.25) is 0 Å². The molecule has 0 aromatic heterocycles. The van der Waals surface area contributed by atoms with E-state index in [1.54, 1.807) is 0 Å². The van der Waals surface area contributed by atoms with Crippen LogP contribution in [-0.4, -0.2) is 23.7 Å². The number of nitrogens with two attached hydrogens (primary N) is 1. The molecular formula is C8H12N2O4S. The standard InChI is InChI=1S/C8H12N2O4S/c1-8(11,12)15(13,14)10-7-4-2-6(9)3-5-7/h2-5,10-12H,9H2,1H3. The molecule has 1 aromatic rings. The fourth-order valence-electron chi connectivity index (χ4n) is 0.803. The number of aliphatic hydroxyl groups is 2. The largest absolute Gasteiger partial charge is 0.399 e. The summed E-state index contributed by atoms with van der Waals surface area (Å²) in [5.41, 5.74) is 6.09. The van der Waals surface area contributed by atoms with Gasteiger partial charge in [-0.1, -0.05) is 0 Å². The molecule has 5 N–H and O–H groups in total. The Morgan fingerprint density at radius 1 is 1.27 bits per heavy atom. The van der Waals surface area contributed by atoms with E-state index in [2.05, 4.69) is 0 Å². The van der Waals surface area contributed by atoms with Gasteiger partial charge in [-0.05, 0) is 24.3 Å². The molecule has 0 spiro atoms. The molecule has 0 atom stereocenters. The van der Waals surface area contributed by atoms with Gasteiger partial charge in [0.15, 0.2) is 0 Å². The molecule has 0 unspecified atom stereocenters. The number of hydrogen-bond donors (Lipinski definition) is 4. The monoisotopic (exact) mass is 232 g/mol. The molecule has 1 aromatic carbocycles. The lowest BCUT2D eigenvalue weighted by Crippen LogP contribution is -2.39. The summed E-state index contributed by atoms with van der Waals surface area (Å²) in [5, 5.41) is 15.1. The number of nitrogens with one attached hydrogen (secondary N) is 1. The molecule has 1 rings (SSSR count). The van der Waals surface area contributed by atoms with Crippen LogP contribution >= 0.6 is 0 Å². The van der Waals surface area contributed by atoms with Gasteiger partial charge in [-0.25, -0.2) is 8.42 Å². The molecule has 15 heavy (non-hydrogen) atoms. The topological polar surface area (TPSA) is 113 Å². The fourth-order valence-corrected chi connectivity index (χ4v) is 1.44. The first-order valence-corrected chi connectivity index (χ1v) is 5.53. The molecule has 0 aliphatic carbocycles. The van der Waals surface area contributed by atoms with Crippen LogP contribution < -0.4 is 10.5 Å². The van der Waals surface area contributed by atoms with Crippen LogP contribution in [0.4, 0.5) is 11.4 Å². The van der Waals surface area contributed by atoms with Crippen molar-refractivity contribution < 1.29 is 18.6 Å². The molecule has 0 amide bonds. The minimum Gasteiger partial charge on any atom is -0.399 e. The zero-order valence-electron chi connectivity index (χ0n) is 8.01. The maximum Gasteiger partial charge on any atom is 0.288 e. The average Bonchev–Trinajstić information content (AvgIpc) is 2.06. The first kappa shape index (κ1) is 11.8. The van der Waals surface area contributed by atoms with E-state index in [-0.39, 0.29) is 5.69 Å². The molecule has 0 fully saturated rings. The van der Waals surface area contributed by atoms with E-state index in [0.29, 0.717) is 5.69 Å². The highest BCUT2D eigenvalue weighted by atomic mass is 32.2. The highest BCUT2D eigenvalue weighted by molar-refractivity contribution is 7.93. The second-order valence-corrected chi connectivity index (χ2v) is 5.15. The van der Waals surface area contributed by atoms with Gasteiger partial charge >= 0.3 is 0 Å². The molecule has 0 radical (unpaired) electrons. The maximum absolute atomic E-state index is 11.3. The lowest BCUT2D eigenvalue weighted by atomic mass is 10.3. The Morgan fingerprint density at radius 2 is 1.73 bits per heavy atom. The molecule has 0 heterocycles. The van der Waals surface area contributed by atoms with Crippen LogP contribution in [-0.2, 0) is 10.0 Å². The summed E-state index contributed by atoms with van der Waals surface area (Å²) in [5.74, 6) is 0. The van der Waals surface area contributed by atoms with Gasteiger partial charge in [0.05, 0.1) is 0 Å². The van der Waals surface area contributed by atoms with Crippen molar-refractivity contribution in [3.63, 3.8) is 0 Å². The third-order valence-corrected chi connectivity index (χ3v) is 3.19. The van der Waals surface area contributed by atoms with E-state index < -0.39 is 15.1 Å². The normalized spacial score (nSPS) is 12.5. The first-order valence-electron chi connectivity index (χ1n) is 4.05. The summed E-state index contributed by atoms with van der Waals surface area (Å²) in [6.07, 6.45) is 0. The summed E-state index contributed by atoms with van der Waals surface area (Å²) >= 11 is 0. The second kappa shape index (κ2) is 3.69. The average molecular weight is 232 g/mol. The van der Waals surface area contributed by atoms with Gasteiger partial charge in [0, 0.05) is 18.3 Å². The van der Waals surface area contributed by atoms with Gasteiger partial charge in [0.25, 0.3) is 15.1 Å². The van der Waals surface area contributed by atoms with Crippen LogP contribution in [0.1, 0.15) is 6.92 Å². The number of hydrogen-bond acceptors (Lipinski definition) is 5. The summed E-state index contributed by atoms with van der Waals surface area (Å²) in [4.78, 5) is 0. The summed E-state index contributed by atoms with van der Waals surface area (Å²) < 4.78 is 24.5. The van der Waals surface area contributed by atoms with Gasteiger partial charge in [-0.3, -0.25) is 4.72 Å². The zero-order chi connectivity index (χ0) is 11.7. The zero-order valence-corrected chi connectivity index (χ0v) is 8.82. The van der Waals surface area contributed by atoms with E-state index in [4.69, 9.17) is 15.9 Å². The summed E-state index contributed by atoms with van der Waals surface area (Å²) in [6, 6.07) is 5.81. The maximum atomic E-state index is 11.3. The van der Waals surface area contributed by atoms with Crippen molar-refractivity contribution in [2.24, 2.45) is 0 Å². The molecule has 6 nitrogen and oxygen atoms in total. The number of sulfonamides is 1. The minimum atomic E-state index is -4.24. The van der Waals surface area contributed by atoms with Crippen LogP contribution in [0, 0.1) is 0 Å². The Morgan fingerprint density at radius 3 is 2.13 bits per heavy atom. The second-order valence-electron chi connectivity index (χ2n) is 3.16. The Balaban J connectivity index is 2.93. The molecule has 0 bridgehead atoms. The molecule has 0 saturated carbocycles. The van der Waals surface area contributed by atoms with Crippen LogP contribution in [0.3, 0.4) is 0 Å². The smallest absolute Gasteiger partial charge is 0.288 e. The van der Waals surface area contributed by atoms with Crippen molar-refractivity contribution >= 4 is 21.4 Å². The predicted octanol–water partition coefficient (Wildman–Crippen LogP) is -0.331. The molecular weight excluding hydrogens is 220 g/mol. The molecule has 0 aliphatic rings. The van der Waals surface area contributed by atoms with E-state index in [0.717, 1.165) is 6.92 Å². The Bertz CT molecular complexity index is 433. The van der Waals surface area contributed by atoms with Crippen molar-refractivity contribution in [1.29, 1.82) is 0 Å². The summed E-state index contributed by atoms with van der Waals surface area (Å²) in [6.45, 7) is 0.757. The van der Waals surface area contributed by atoms with Gasteiger partial charge in [-0.15, -0.1) is 0 Å². The summed E-state index contributed by atoms with van der Waals surface area (Å²) in [7, 11) is -4.24. The number of nitrogen functional groups attached to an aromatic ring is 1. The van der Waals surface area contributed by atoms with Crippen LogP contribution in [0.25, 0.3) is 0 Å². The fraction of sp³-hybridized carbons (Fsp3) is 0.250. The SMILES string of the molecule is CC(O)(O)S(=O)(=O)Nc1ccc(N)cc1. The van der Waals surface area contributed by atoms with Crippen LogP contribution in [0.15, 0.2) is 24.3 Å². The van der Waals surface area contributed by atoms with Crippen molar-refractivity contribution in [3.05, 3.63) is 24.3 Å². The van der Waals surface area contributed by atoms with Crippen molar-refractivity contribution in [2.45, 2.75) is 12.0 Å². The van der Waals surface area contributed by atoms with Gasteiger partial charge in [0.2, 0.25) is 0 Å². The van der Waals surface area contributed by atoms with Crippen molar-refractivity contribution in [3.8, 4) is 0 Å². The van der Waals surface area contributed by atoms with Gasteiger partial charge < -0.3 is 15.9 Å². The molecule has 0 saturated heterocycles. The third-order valence-electron chi connectivity index (χ3n) is 1.67. The Kier molecular flexibility index (Phi) is 2.89. The Hall–Kier alpha value is -1.31. The van der Waals surface area contributed by atoms with E-state index in [1.165, 1.54) is 24.3 Å². The van der Waals surface area contributed by atoms with Crippen molar-refractivity contribution in [1.82, 2.24) is 0 Å². The van der Waals surface area contributed by atoms with E-state index in [9.17, 15) is 8.42 Å². The Labute approximate surface area is 87.4 Å². The first-order chi connectivity index (χ1) is 6.72. The third kappa shape index (κ3) is 2.82. The number of rotatable bonds is 3. The molecule has 7 heteroatoms. The van der Waals surface area contributed by atoms with E-state index >= 15 is 0 Å². The minimum absolute atomic E-state index is 0.207. The lowest BCUT2D eigenvalue weighted by Gasteiger charge is -2.17. The lowest BCUT2D eigenvalue weighted by molar-refractivity contribution is -0.0675. The quantitative estimate of drug-likeness (QED) is 0.421. The molecule has 0 aliphatic heterocycles. The van der Waals surface area contributed by atoms with E-state index in [1.807, 2.05) is 4.72 Å². The number of anilines is 2. The van der Waals surface area contributed by atoms with Crippen molar-refractivity contribution in [2.75, 3.05) is 10.5 Å². The predicted molar refractivity (Wildman–Crippen MR) is 56.2 cm³/mol. The highest BCUT2D eigenvalue weighted by Crippen LogP contribution is 2.16. The van der Waals surface area contributed by atoms with Gasteiger partial charge in [0.1, 0.15) is 0 Å². The van der Waals surface area contributed by atoms with Gasteiger partial charge in [-0.2, -0.15) is 0 Å². The molecule has 84 valence electrons. The number of benzene rings is 1.